The zero-order valence-corrected chi connectivity index (χ0v) is 13.2. The van der Waals surface area contributed by atoms with E-state index >= 15 is 0 Å². The lowest BCUT2D eigenvalue weighted by atomic mass is 10.2. The third kappa shape index (κ3) is 3.29. The molecule has 0 atom stereocenters. The fourth-order valence-corrected chi connectivity index (χ4v) is 2.29. The zero-order chi connectivity index (χ0) is 14.7. The van der Waals surface area contributed by atoms with Crippen molar-refractivity contribution in [2.75, 3.05) is 0 Å². The third-order valence-electron chi connectivity index (χ3n) is 2.45. The minimum Gasteiger partial charge on any atom is -0.456 e. The number of hydrogen-bond donors (Lipinski definition) is 2. The molecule has 0 unspecified atom stereocenters. The summed E-state index contributed by atoms with van der Waals surface area (Å²) < 4.78 is 19.7. The maximum absolute atomic E-state index is 13.1. The minimum absolute atomic E-state index is 0.00165. The van der Waals surface area contributed by atoms with Gasteiger partial charge in [0.2, 0.25) is 0 Å². The average molecular weight is 404 g/mol. The number of amidine groups is 1. The van der Waals surface area contributed by atoms with Gasteiger partial charge in [-0.05, 0) is 68.3 Å². The lowest BCUT2D eigenvalue weighted by molar-refractivity contribution is 0.318. The number of hydrogen-bond acceptors (Lipinski definition) is 3. The van der Waals surface area contributed by atoms with Crippen molar-refractivity contribution in [2.45, 2.75) is 0 Å². The molecule has 0 bridgehead atoms. The Morgan fingerprint density at radius 2 is 1.90 bits per heavy atom. The molecule has 0 radical (unpaired) electrons. The van der Waals surface area contributed by atoms with Gasteiger partial charge in [0.05, 0.1) is 8.95 Å². The number of oxime groups is 1. The fourth-order valence-electron chi connectivity index (χ4n) is 1.47. The zero-order valence-electron chi connectivity index (χ0n) is 9.98. The lowest BCUT2D eigenvalue weighted by Gasteiger charge is -2.09. The standard InChI is InChI=1S/C13H9Br2FN2O2/c14-9-6-8(2-3-11(9)16)20-12-4-1-7(5-10(12)15)13(17)18-19/h1-6,19H,(H2,17,18). The smallest absolute Gasteiger partial charge is 0.170 e. The molecule has 0 aliphatic carbocycles. The highest BCUT2D eigenvalue weighted by atomic mass is 79.9. The lowest BCUT2D eigenvalue weighted by Crippen LogP contribution is -2.12. The molecule has 3 N–H and O–H groups in total. The van der Waals surface area contributed by atoms with Gasteiger partial charge in [-0.15, -0.1) is 0 Å². The van der Waals surface area contributed by atoms with Crippen LogP contribution in [-0.4, -0.2) is 11.0 Å². The Labute approximate surface area is 131 Å². The second kappa shape index (κ2) is 6.23. The first-order valence-corrected chi connectivity index (χ1v) is 7.00. The quantitative estimate of drug-likeness (QED) is 0.348. The first-order valence-electron chi connectivity index (χ1n) is 5.41. The second-order valence-corrected chi connectivity index (χ2v) is 5.52. The molecule has 7 heteroatoms. The summed E-state index contributed by atoms with van der Waals surface area (Å²) in [5.41, 5.74) is 6.04. The minimum atomic E-state index is -0.362. The Morgan fingerprint density at radius 1 is 1.15 bits per heavy atom. The summed E-state index contributed by atoms with van der Waals surface area (Å²) in [5.74, 6) is 0.647. The van der Waals surface area contributed by atoms with Crippen molar-refractivity contribution in [3.8, 4) is 11.5 Å². The van der Waals surface area contributed by atoms with Crippen LogP contribution in [0.2, 0.25) is 0 Å². The third-order valence-corrected chi connectivity index (χ3v) is 3.68. The Hall–Kier alpha value is -1.60. The summed E-state index contributed by atoms with van der Waals surface area (Å²) in [5, 5.41) is 11.5. The molecule has 2 rings (SSSR count). The number of halogens is 3. The molecule has 0 amide bonds. The summed E-state index contributed by atoms with van der Waals surface area (Å²) in [4.78, 5) is 0. The van der Waals surface area contributed by atoms with Crippen LogP contribution in [0.5, 0.6) is 11.5 Å². The Morgan fingerprint density at radius 3 is 2.50 bits per heavy atom. The highest BCUT2D eigenvalue weighted by Crippen LogP contribution is 2.32. The van der Waals surface area contributed by atoms with Gasteiger partial charge in [-0.2, -0.15) is 0 Å². The predicted molar refractivity (Wildman–Crippen MR) is 80.8 cm³/mol. The van der Waals surface area contributed by atoms with E-state index in [4.69, 9.17) is 15.7 Å². The van der Waals surface area contributed by atoms with Crippen molar-refractivity contribution < 1.29 is 14.3 Å². The highest BCUT2D eigenvalue weighted by molar-refractivity contribution is 9.10. The molecular weight excluding hydrogens is 395 g/mol. The molecule has 20 heavy (non-hydrogen) atoms. The molecule has 0 saturated heterocycles. The SMILES string of the molecule is N/C(=N/O)c1ccc(Oc2ccc(F)c(Br)c2)c(Br)c1. The Balaban J connectivity index is 2.28. The maximum atomic E-state index is 13.1. The molecule has 2 aromatic rings. The maximum Gasteiger partial charge on any atom is 0.170 e. The van der Waals surface area contributed by atoms with Crippen LogP contribution in [-0.2, 0) is 0 Å². The van der Waals surface area contributed by atoms with Gasteiger partial charge in [-0.3, -0.25) is 0 Å². The molecule has 0 spiro atoms. The molecule has 2 aromatic carbocycles. The molecule has 0 fully saturated rings. The van der Waals surface area contributed by atoms with Crippen LogP contribution in [0.25, 0.3) is 0 Å². The van der Waals surface area contributed by atoms with Crippen molar-refractivity contribution in [1.82, 2.24) is 0 Å². The first-order chi connectivity index (χ1) is 9.51. The fraction of sp³-hybridized carbons (Fsp3) is 0. The van der Waals surface area contributed by atoms with Crippen LogP contribution in [0.1, 0.15) is 5.56 Å². The summed E-state index contributed by atoms with van der Waals surface area (Å²) in [6.07, 6.45) is 0. The molecule has 0 saturated carbocycles. The molecule has 0 aliphatic heterocycles. The molecule has 0 heterocycles. The monoisotopic (exact) mass is 402 g/mol. The topological polar surface area (TPSA) is 67.8 Å². The first kappa shape index (κ1) is 14.8. The van der Waals surface area contributed by atoms with Gasteiger partial charge in [-0.25, -0.2) is 4.39 Å². The number of benzene rings is 2. The van der Waals surface area contributed by atoms with Crippen LogP contribution < -0.4 is 10.5 Å². The van der Waals surface area contributed by atoms with E-state index in [9.17, 15) is 4.39 Å². The Kier molecular flexibility index (Phi) is 4.61. The van der Waals surface area contributed by atoms with E-state index in [0.717, 1.165) is 0 Å². The number of nitrogens with zero attached hydrogens (tertiary/aromatic N) is 1. The van der Waals surface area contributed by atoms with Gasteiger partial charge in [0.25, 0.3) is 0 Å². The van der Waals surface area contributed by atoms with E-state index in [-0.39, 0.29) is 11.7 Å². The van der Waals surface area contributed by atoms with Crippen LogP contribution in [0.4, 0.5) is 4.39 Å². The van der Waals surface area contributed by atoms with E-state index in [1.807, 2.05) is 0 Å². The van der Waals surface area contributed by atoms with Crippen molar-refractivity contribution in [2.24, 2.45) is 10.9 Å². The largest absolute Gasteiger partial charge is 0.456 e. The number of nitrogens with two attached hydrogens (primary N) is 1. The van der Waals surface area contributed by atoms with Gasteiger partial charge >= 0.3 is 0 Å². The highest BCUT2D eigenvalue weighted by Gasteiger charge is 2.08. The van der Waals surface area contributed by atoms with Gasteiger partial charge in [0, 0.05) is 5.56 Å². The predicted octanol–water partition coefficient (Wildman–Crippen LogP) is 4.24. The summed E-state index contributed by atoms with van der Waals surface area (Å²) in [6.45, 7) is 0. The number of ether oxygens (including phenoxy) is 1. The van der Waals surface area contributed by atoms with Crippen LogP contribution in [0, 0.1) is 5.82 Å². The van der Waals surface area contributed by atoms with E-state index < -0.39 is 0 Å². The van der Waals surface area contributed by atoms with Crippen LogP contribution in [0.15, 0.2) is 50.5 Å². The molecule has 0 aliphatic rings. The molecular formula is C13H9Br2FN2O2. The van der Waals surface area contributed by atoms with E-state index in [0.29, 0.717) is 26.0 Å². The van der Waals surface area contributed by atoms with E-state index in [1.165, 1.54) is 18.2 Å². The average Bonchev–Trinajstić information content (AvgIpc) is 2.44. The van der Waals surface area contributed by atoms with Crippen LogP contribution >= 0.6 is 31.9 Å². The van der Waals surface area contributed by atoms with Gasteiger partial charge < -0.3 is 15.7 Å². The molecule has 104 valence electrons. The van der Waals surface area contributed by atoms with Gasteiger partial charge in [0.15, 0.2) is 5.84 Å². The van der Waals surface area contributed by atoms with Crippen LogP contribution in [0.3, 0.4) is 0 Å². The summed E-state index contributed by atoms with van der Waals surface area (Å²) in [6, 6.07) is 9.31. The van der Waals surface area contributed by atoms with E-state index in [2.05, 4.69) is 37.0 Å². The molecule has 4 nitrogen and oxygen atoms in total. The van der Waals surface area contributed by atoms with Crippen molar-refractivity contribution in [3.63, 3.8) is 0 Å². The second-order valence-electron chi connectivity index (χ2n) is 3.81. The Bertz CT molecular complexity index is 677. The van der Waals surface area contributed by atoms with Gasteiger partial charge in [0.1, 0.15) is 17.3 Å². The summed E-state index contributed by atoms with van der Waals surface area (Å²) >= 11 is 6.42. The van der Waals surface area contributed by atoms with Crippen molar-refractivity contribution >= 4 is 37.7 Å². The van der Waals surface area contributed by atoms with Gasteiger partial charge in [-0.1, -0.05) is 5.16 Å². The summed E-state index contributed by atoms with van der Waals surface area (Å²) in [7, 11) is 0. The normalized spacial score (nSPS) is 11.4. The van der Waals surface area contributed by atoms with Crippen molar-refractivity contribution in [1.29, 1.82) is 0 Å². The number of rotatable bonds is 3. The van der Waals surface area contributed by atoms with Crippen molar-refractivity contribution in [3.05, 3.63) is 56.7 Å². The molecule has 0 aromatic heterocycles. The van der Waals surface area contributed by atoms with E-state index in [1.54, 1.807) is 18.2 Å².